The van der Waals surface area contributed by atoms with Gasteiger partial charge in [-0.3, -0.25) is 4.79 Å². The van der Waals surface area contributed by atoms with Gasteiger partial charge in [-0.1, -0.05) is 12.1 Å². The van der Waals surface area contributed by atoms with Gasteiger partial charge in [0.2, 0.25) is 0 Å². The van der Waals surface area contributed by atoms with Crippen LogP contribution in [0.15, 0.2) is 42.6 Å². The molecular formula is C20H21FN4O. The summed E-state index contributed by atoms with van der Waals surface area (Å²) in [4.78, 5) is 16.8. The Kier molecular flexibility index (Phi) is 4.84. The molecule has 3 rings (SSSR count). The maximum atomic E-state index is 13.0. The highest BCUT2D eigenvalue weighted by Gasteiger charge is 2.14. The van der Waals surface area contributed by atoms with E-state index in [4.69, 9.17) is 0 Å². The highest BCUT2D eigenvalue weighted by molar-refractivity contribution is 5.94. The third kappa shape index (κ3) is 3.49. The van der Waals surface area contributed by atoms with Crippen LogP contribution in [-0.4, -0.2) is 20.7 Å². The highest BCUT2D eigenvalue weighted by atomic mass is 19.1. The second kappa shape index (κ2) is 7.07. The number of nitrogens with one attached hydrogen (secondary N) is 1. The molecule has 0 unspecified atom stereocenters. The summed E-state index contributed by atoms with van der Waals surface area (Å²) in [6.07, 6.45) is 1.54. The number of amides is 1. The quantitative estimate of drug-likeness (QED) is 0.776. The number of carbonyl (C=O) groups is 1. The van der Waals surface area contributed by atoms with Crippen molar-refractivity contribution in [2.45, 2.75) is 33.7 Å². The number of aryl methyl sites for hydroxylation is 1. The van der Waals surface area contributed by atoms with Crippen molar-refractivity contribution >= 4 is 5.91 Å². The summed E-state index contributed by atoms with van der Waals surface area (Å²) < 4.78 is 14.8. The first-order chi connectivity index (χ1) is 12.4. The Morgan fingerprint density at radius 3 is 2.35 bits per heavy atom. The molecule has 1 amide bonds. The lowest BCUT2D eigenvalue weighted by atomic mass is 10.1. The van der Waals surface area contributed by atoms with Crippen molar-refractivity contribution in [2.75, 3.05) is 0 Å². The van der Waals surface area contributed by atoms with Gasteiger partial charge in [0.25, 0.3) is 5.91 Å². The molecular weight excluding hydrogens is 331 g/mol. The van der Waals surface area contributed by atoms with Gasteiger partial charge in [-0.2, -0.15) is 5.10 Å². The first-order valence-corrected chi connectivity index (χ1v) is 8.42. The largest absolute Gasteiger partial charge is 0.345 e. The number of hydrogen-bond acceptors (Lipinski definition) is 3. The number of rotatable bonds is 4. The van der Waals surface area contributed by atoms with Crippen molar-refractivity contribution in [3.63, 3.8) is 0 Å². The Morgan fingerprint density at radius 2 is 1.81 bits per heavy atom. The monoisotopic (exact) mass is 352 g/mol. The van der Waals surface area contributed by atoms with Gasteiger partial charge in [0, 0.05) is 11.9 Å². The SMILES string of the molecule is Cc1nn(-c2ccc(C(=O)N[C@@H](C)c3ccc(F)cc3)cn2)c(C)c1C. The molecule has 6 heteroatoms. The van der Waals surface area contributed by atoms with E-state index in [2.05, 4.69) is 15.4 Å². The summed E-state index contributed by atoms with van der Waals surface area (Å²) in [7, 11) is 0. The van der Waals surface area contributed by atoms with Crippen molar-refractivity contribution < 1.29 is 9.18 Å². The van der Waals surface area contributed by atoms with E-state index in [-0.39, 0.29) is 17.8 Å². The summed E-state index contributed by atoms with van der Waals surface area (Å²) in [6, 6.07) is 9.34. The maximum Gasteiger partial charge on any atom is 0.253 e. The van der Waals surface area contributed by atoms with Crippen LogP contribution in [-0.2, 0) is 0 Å². The number of halogens is 1. The lowest BCUT2D eigenvalue weighted by molar-refractivity contribution is 0.0939. The molecule has 0 aliphatic carbocycles. The highest BCUT2D eigenvalue weighted by Crippen LogP contribution is 2.17. The number of carbonyl (C=O) groups excluding carboxylic acids is 1. The zero-order chi connectivity index (χ0) is 18.8. The minimum atomic E-state index is -0.300. The molecule has 0 saturated carbocycles. The number of hydrogen-bond donors (Lipinski definition) is 1. The minimum absolute atomic E-state index is 0.231. The molecule has 1 aromatic carbocycles. The summed E-state index contributed by atoms with van der Waals surface area (Å²) in [6.45, 7) is 7.82. The molecule has 0 bridgehead atoms. The van der Waals surface area contributed by atoms with Crippen LogP contribution in [0.3, 0.4) is 0 Å². The predicted molar refractivity (Wildman–Crippen MR) is 97.9 cm³/mol. The topological polar surface area (TPSA) is 59.8 Å². The molecule has 0 fully saturated rings. The Morgan fingerprint density at radius 1 is 1.12 bits per heavy atom. The van der Waals surface area contributed by atoms with Crippen molar-refractivity contribution in [3.05, 3.63) is 76.5 Å². The lowest BCUT2D eigenvalue weighted by Crippen LogP contribution is -2.26. The van der Waals surface area contributed by atoms with E-state index in [1.807, 2.05) is 27.7 Å². The maximum absolute atomic E-state index is 13.0. The van der Waals surface area contributed by atoms with Gasteiger partial charge in [-0.15, -0.1) is 0 Å². The summed E-state index contributed by atoms with van der Waals surface area (Å²) >= 11 is 0. The Labute approximate surface area is 151 Å². The third-order valence-corrected chi connectivity index (χ3v) is 4.60. The zero-order valence-corrected chi connectivity index (χ0v) is 15.2. The molecule has 0 saturated heterocycles. The zero-order valence-electron chi connectivity index (χ0n) is 15.2. The van der Waals surface area contributed by atoms with Crippen LogP contribution < -0.4 is 5.32 Å². The van der Waals surface area contributed by atoms with Gasteiger partial charge in [-0.05, 0) is 63.1 Å². The standard InChI is InChI=1S/C20H21FN4O/c1-12-13(2)24-25(15(12)4)19-10-7-17(11-22-19)20(26)23-14(3)16-5-8-18(21)9-6-16/h5-11,14H,1-4H3,(H,23,26)/t14-/m0/s1. The van der Waals surface area contributed by atoms with E-state index in [0.29, 0.717) is 11.4 Å². The Balaban J connectivity index is 1.74. The molecule has 3 aromatic rings. The molecule has 5 nitrogen and oxygen atoms in total. The Hall–Kier alpha value is -3.02. The van der Waals surface area contributed by atoms with Crippen LogP contribution in [0.2, 0.25) is 0 Å². The first kappa shape index (κ1) is 17.8. The fourth-order valence-corrected chi connectivity index (χ4v) is 2.70. The normalized spacial score (nSPS) is 12.0. The Bertz CT molecular complexity index is 930. The van der Waals surface area contributed by atoms with Crippen molar-refractivity contribution in [2.24, 2.45) is 0 Å². The molecule has 1 N–H and O–H groups in total. The second-order valence-corrected chi connectivity index (χ2v) is 6.36. The fourth-order valence-electron chi connectivity index (χ4n) is 2.70. The summed E-state index contributed by atoms with van der Waals surface area (Å²) in [5.41, 5.74) is 4.40. The number of benzene rings is 1. The lowest BCUT2D eigenvalue weighted by Gasteiger charge is -2.14. The van der Waals surface area contributed by atoms with Crippen LogP contribution in [0.1, 0.15) is 45.8 Å². The van der Waals surface area contributed by atoms with Crippen LogP contribution in [0.5, 0.6) is 0 Å². The predicted octanol–water partition coefficient (Wildman–Crippen LogP) is 3.82. The molecule has 2 aromatic heterocycles. The van der Waals surface area contributed by atoms with E-state index in [1.165, 1.54) is 18.3 Å². The van der Waals surface area contributed by atoms with E-state index >= 15 is 0 Å². The molecule has 0 spiro atoms. The second-order valence-electron chi connectivity index (χ2n) is 6.36. The van der Waals surface area contributed by atoms with E-state index in [1.54, 1.807) is 28.9 Å². The minimum Gasteiger partial charge on any atom is -0.345 e. The molecule has 0 radical (unpaired) electrons. The van der Waals surface area contributed by atoms with Crippen LogP contribution in [0.4, 0.5) is 4.39 Å². The molecule has 1 atom stereocenters. The van der Waals surface area contributed by atoms with Gasteiger partial charge >= 0.3 is 0 Å². The smallest absolute Gasteiger partial charge is 0.253 e. The van der Waals surface area contributed by atoms with Crippen molar-refractivity contribution in [3.8, 4) is 5.82 Å². The van der Waals surface area contributed by atoms with Crippen LogP contribution in [0, 0.1) is 26.6 Å². The average Bonchev–Trinajstić information content (AvgIpc) is 2.89. The first-order valence-electron chi connectivity index (χ1n) is 8.42. The average molecular weight is 352 g/mol. The molecule has 26 heavy (non-hydrogen) atoms. The van der Waals surface area contributed by atoms with Gasteiger partial charge < -0.3 is 5.32 Å². The number of nitrogens with zero attached hydrogens (tertiary/aromatic N) is 3. The molecule has 0 aliphatic rings. The third-order valence-electron chi connectivity index (χ3n) is 4.60. The van der Waals surface area contributed by atoms with Crippen molar-refractivity contribution in [1.29, 1.82) is 0 Å². The van der Waals surface area contributed by atoms with Gasteiger partial charge in [-0.25, -0.2) is 14.1 Å². The number of pyridine rings is 1. The van der Waals surface area contributed by atoms with E-state index in [0.717, 1.165) is 22.5 Å². The van der Waals surface area contributed by atoms with Crippen LogP contribution in [0.25, 0.3) is 5.82 Å². The van der Waals surface area contributed by atoms with Gasteiger partial charge in [0.1, 0.15) is 5.82 Å². The summed E-state index contributed by atoms with van der Waals surface area (Å²) in [5.74, 6) is 0.138. The molecule has 2 heterocycles. The fraction of sp³-hybridized carbons (Fsp3) is 0.250. The van der Waals surface area contributed by atoms with Gasteiger partial charge in [0.15, 0.2) is 5.82 Å². The van der Waals surface area contributed by atoms with Gasteiger partial charge in [0.05, 0.1) is 17.3 Å². The molecule has 0 aliphatic heterocycles. The van der Waals surface area contributed by atoms with E-state index < -0.39 is 0 Å². The van der Waals surface area contributed by atoms with Crippen LogP contribution >= 0.6 is 0 Å². The molecule has 134 valence electrons. The number of aromatic nitrogens is 3. The summed E-state index contributed by atoms with van der Waals surface area (Å²) in [5, 5.41) is 7.36. The van der Waals surface area contributed by atoms with Crippen molar-refractivity contribution in [1.82, 2.24) is 20.1 Å². The van der Waals surface area contributed by atoms with E-state index in [9.17, 15) is 9.18 Å².